The number of pyridine rings is 1. The van der Waals surface area contributed by atoms with Crippen molar-refractivity contribution in [3.63, 3.8) is 0 Å². The zero-order chi connectivity index (χ0) is 22.4. The molecular formula is C24H26N4O3S. The molecule has 1 aliphatic rings. The third-order valence-electron chi connectivity index (χ3n) is 5.50. The quantitative estimate of drug-likeness (QED) is 0.553. The Kier molecular flexibility index (Phi) is 6.82. The van der Waals surface area contributed by atoms with Crippen LogP contribution in [0.15, 0.2) is 90.0 Å². The molecule has 0 aliphatic carbocycles. The highest BCUT2D eigenvalue weighted by atomic mass is 32.2. The molecule has 0 saturated carbocycles. The number of piperazine rings is 1. The van der Waals surface area contributed by atoms with Gasteiger partial charge in [-0.3, -0.25) is 4.79 Å². The molecule has 0 unspecified atom stereocenters. The van der Waals surface area contributed by atoms with Crippen LogP contribution in [0.2, 0.25) is 0 Å². The van der Waals surface area contributed by atoms with Crippen molar-refractivity contribution in [1.82, 2.24) is 14.2 Å². The summed E-state index contributed by atoms with van der Waals surface area (Å²) in [5.41, 5.74) is 0.833. The fourth-order valence-corrected chi connectivity index (χ4v) is 5.13. The van der Waals surface area contributed by atoms with Gasteiger partial charge in [0, 0.05) is 38.9 Å². The van der Waals surface area contributed by atoms with Crippen molar-refractivity contribution in [2.75, 3.05) is 37.6 Å². The van der Waals surface area contributed by atoms with Crippen LogP contribution in [0, 0.1) is 0 Å². The molecule has 1 amide bonds. The molecule has 0 atom stereocenters. The fraction of sp³-hybridized carbons (Fsp3) is 0.250. The Morgan fingerprint density at radius 3 is 2.09 bits per heavy atom. The van der Waals surface area contributed by atoms with Crippen LogP contribution in [0.1, 0.15) is 5.56 Å². The van der Waals surface area contributed by atoms with Crippen molar-refractivity contribution >= 4 is 21.7 Å². The van der Waals surface area contributed by atoms with Crippen molar-refractivity contribution < 1.29 is 13.2 Å². The second kappa shape index (κ2) is 9.93. The summed E-state index contributed by atoms with van der Waals surface area (Å²) in [7, 11) is -3.82. The maximum absolute atomic E-state index is 13.3. The number of amides is 1. The van der Waals surface area contributed by atoms with Crippen LogP contribution < -0.4 is 4.90 Å². The molecule has 0 spiro atoms. The number of nitrogens with zero attached hydrogens (tertiary/aromatic N) is 4. The van der Waals surface area contributed by atoms with E-state index in [1.807, 2.05) is 48.5 Å². The predicted molar refractivity (Wildman–Crippen MR) is 124 cm³/mol. The maximum Gasteiger partial charge on any atom is 0.243 e. The van der Waals surface area contributed by atoms with Gasteiger partial charge in [-0.05, 0) is 29.8 Å². The first-order chi connectivity index (χ1) is 15.5. The van der Waals surface area contributed by atoms with Gasteiger partial charge in [-0.2, -0.15) is 4.31 Å². The average molecular weight is 451 g/mol. The lowest BCUT2D eigenvalue weighted by Crippen LogP contribution is -2.52. The highest BCUT2D eigenvalue weighted by molar-refractivity contribution is 7.89. The van der Waals surface area contributed by atoms with Gasteiger partial charge in [0.1, 0.15) is 5.82 Å². The Hall–Kier alpha value is -3.23. The van der Waals surface area contributed by atoms with E-state index < -0.39 is 10.0 Å². The Bertz CT molecular complexity index is 1120. The minimum Gasteiger partial charge on any atom is -0.353 e. The summed E-state index contributed by atoms with van der Waals surface area (Å²) in [6.45, 7) is 2.31. The minimum absolute atomic E-state index is 0.137. The van der Waals surface area contributed by atoms with Gasteiger partial charge in [0.05, 0.1) is 11.4 Å². The van der Waals surface area contributed by atoms with E-state index in [0.717, 1.165) is 11.4 Å². The molecule has 1 aliphatic heterocycles. The number of sulfonamides is 1. The summed E-state index contributed by atoms with van der Waals surface area (Å²) in [6, 6.07) is 23.4. The van der Waals surface area contributed by atoms with Crippen LogP contribution in [0.4, 0.5) is 5.82 Å². The van der Waals surface area contributed by atoms with Gasteiger partial charge in [-0.1, -0.05) is 54.6 Å². The van der Waals surface area contributed by atoms with E-state index in [1.165, 1.54) is 4.31 Å². The molecule has 1 aromatic heterocycles. The van der Waals surface area contributed by atoms with Gasteiger partial charge in [-0.25, -0.2) is 13.4 Å². The first-order valence-electron chi connectivity index (χ1n) is 10.6. The Morgan fingerprint density at radius 2 is 1.47 bits per heavy atom. The standard InChI is InChI=1S/C24H26N4O3S/c29-24(27-17-15-26(16-18-27)23-13-7-8-14-25-23)20-28(19-21-9-3-1-4-10-21)32(30,31)22-11-5-2-6-12-22/h1-14H,15-20H2. The van der Waals surface area contributed by atoms with Gasteiger partial charge < -0.3 is 9.80 Å². The summed E-state index contributed by atoms with van der Waals surface area (Å²) < 4.78 is 27.9. The monoisotopic (exact) mass is 450 g/mol. The van der Waals surface area contributed by atoms with Crippen molar-refractivity contribution in [3.05, 3.63) is 90.6 Å². The summed E-state index contributed by atoms with van der Waals surface area (Å²) >= 11 is 0. The van der Waals surface area contributed by atoms with Crippen molar-refractivity contribution in [2.24, 2.45) is 0 Å². The number of anilines is 1. The lowest BCUT2D eigenvalue weighted by atomic mass is 10.2. The molecule has 2 aromatic carbocycles. The molecule has 2 heterocycles. The topological polar surface area (TPSA) is 73.8 Å². The van der Waals surface area contributed by atoms with E-state index in [9.17, 15) is 13.2 Å². The zero-order valence-electron chi connectivity index (χ0n) is 17.7. The van der Waals surface area contributed by atoms with Gasteiger partial charge in [0.2, 0.25) is 15.9 Å². The Labute approximate surface area is 189 Å². The van der Waals surface area contributed by atoms with Crippen LogP contribution >= 0.6 is 0 Å². The average Bonchev–Trinajstić information content (AvgIpc) is 2.85. The number of carbonyl (C=O) groups is 1. The molecular weight excluding hydrogens is 424 g/mol. The predicted octanol–water partition coefficient (Wildman–Crippen LogP) is 2.62. The molecule has 8 heteroatoms. The molecule has 1 fully saturated rings. The number of hydrogen-bond donors (Lipinski definition) is 0. The first kappa shape index (κ1) is 22.0. The third-order valence-corrected chi connectivity index (χ3v) is 7.31. The van der Waals surface area contributed by atoms with Gasteiger partial charge in [-0.15, -0.1) is 0 Å². The minimum atomic E-state index is -3.82. The molecule has 1 saturated heterocycles. The summed E-state index contributed by atoms with van der Waals surface area (Å²) in [5, 5.41) is 0. The largest absolute Gasteiger partial charge is 0.353 e. The molecule has 0 radical (unpaired) electrons. The van der Waals surface area contributed by atoms with E-state index in [-0.39, 0.29) is 23.9 Å². The smallest absolute Gasteiger partial charge is 0.243 e. The van der Waals surface area contributed by atoms with Crippen molar-refractivity contribution in [2.45, 2.75) is 11.4 Å². The van der Waals surface area contributed by atoms with Gasteiger partial charge >= 0.3 is 0 Å². The molecule has 166 valence electrons. The number of hydrogen-bond acceptors (Lipinski definition) is 5. The lowest BCUT2D eigenvalue weighted by Gasteiger charge is -2.36. The van der Waals surface area contributed by atoms with Gasteiger partial charge in [0.15, 0.2) is 0 Å². The first-order valence-corrected chi connectivity index (χ1v) is 12.0. The van der Waals surface area contributed by atoms with Crippen LogP contribution in [-0.2, 0) is 21.4 Å². The number of benzene rings is 2. The molecule has 3 aromatic rings. The lowest BCUT2D eigenvalue weighted by molar-refractivity contribution is -0.131. The van der Waals surface area contributed by atoms with E-state index in [1.54, 1.807) is 41.4 Å². The van der Waals surface area contributed by atoms with E-state index >= 15 is 0 Å². The second-order valence-corrected chi connectivity index (χ2v) is 9.57. The third kappa shape index (κ3) is 5.15. The zero-order valence-corrected chi connectivity index (χ0v) is 18.6. The highest BCUT2D eigenvalue weighted by Crippen LogP contribution is 2.19. The highest BCUT2D eigenvalue weighted by Gasteiger charge is 2.30. The van der Waals surface area contributed by atoms with Crippen LogP contribution in [0.5, 0.6) is 0 Å². The molecule has 7 nitrogen and oxygen atoms in total. The summed E-state index contributed by atoms with van der Waals surface area (Å²) in [6.07, 6.45) is 1.75. The van der Waals surface area contributed by atoms with Crippen molar-refractivity contribution in [1.29, 1.82) is 0 Å². The van der Waals surface area contributed by atoms with Crippen molar-refractivity contribution in [3.8, 4) is 0 Å². The Morgan fingerprint density at radius 1 is 0.844 bits per heavy atom. The molecule has 32 heavy (non-hydrogen) atoms. The molecule has 0 bridgehead atoms. The normalized spacial score (nSPS) is 14.5. The molecule has 0 N–H and O–H groups in total. The van der Waals surface area contributed by atoms with E-state index in [2.05, 4.69) is 9.88 Å². The van der Waals surface area contributed by atoms with Crippen LogP contribution in [0.25, 0.3) is 0 Å². The fourth-order valence-electron chi connectivity index (χ4n) is 3.73. The maximum atomic E-state index is 13.3. The summed E-state index contributed by atoms with van der Waals surface area (Å²) in [5.74, 6) is 0.693. The summed E-state index contributed by atoms with van der Waals surface area (Å²) in [4.78, 5) is 21.5. The van der Waals surface area contributed by atoms with Gasteiger partial charge in [0.25, 0.3) is 0 Å². The SMILES string of the molecule is O=C(CN(Cc1ccccc1)S(=O)(=O)c1ccccc1)N1CCN(c2ccccn2)CC1. The van der Waals surface area contributed by atoms with E-state index in [4.69, 9.17) is 0 Å². The number of carbonyl (C=O) groups excluding carboxylic acids is 1. The van der Waals surface area contributed by atoms with Crippen LogP contribution in [0.3, 0.4) is 0 Å². The Balaban J connectivity index is 1.48. The van der Waals surface area contributed by atoms with Crippen LogP contribution in [-0.4, -0.2) is 61.2 Å². The number of rotatable bonds is 7. The van der Waals surface area contributed by atoms with E-state index in [0.29, 0.717) is 26.2 Å². The second-order valence-electron chi connectivity index (χ2n) is 7.63. The molecule has 4 rings (SSSR count). The number of aromatic nitrogens is 1.